The van der Waals surface area contributed by atoms with Crippen LogP contribution in [0.5, 0.6) is 5.75 Å². The zero-order valence-corrected chi connectivity index (χ0v) is 10.9. The van der Waals surface area contributed by atoms with Gasteiger partial charge in [0.05, 0.1) is 0 Å². The maximum atomic E-state index is 12.8. The van der Waals surface area contributed by atoms with E-state index in [4.69, 9.17) is 10.5 Å². The molecule has 2 N–H and O–H groups in total. The Bertz CT molecular complexity index is 365. The molecule has 0 aromatic heterocycles. The number of ether oxygens (including phenoxy) is 1. The van der Waals surface area contributed by atoms with Crippen LogP contribution in [-0.2, 0) is 0 Å². The standard InChI is InChI=1S/C15H22FNO/c1-2-11-3-4-12(10-17)15(9-11)18-14-7-5-13(16)6-8-14/h5-8,11-12,15H,2-4,9-10,17H2,1H3. The molecule has 1 aliphatic carbocycles. The van der Waals surface area contributed by atoms with Gasteiger partial charge in [0, 0.05) is 5.92 Å². The van der Waals surface area contributed by atoms with E-state index in [2.05, 4.69) is 6.92 Å². The molecule has 2 nitrogen and oxygen atoms in total. The lowest BCUT2D eigenvalue weighted by Crippen LogP contribution is -2.38. The molecule has 1 saturated carbocycles. The maximum absolute atomic E-state index is 12.8. The quantitative estimate of drug-likeness (QED) is 0.890. The Balaban J connectivity index is 2.02. The summed E-state index contributed by atoms with van der Waals surface area (Å²) in [5.74, 6) is 1.68. The normalized spacial score (nSPS) is 28.1. The van der Waals surface area contributed by atoms with Gasteiger partial charge in [0.15, 0.2) is 0 Å². The summed E-state index contributed by atoms with van der Waals surface area (Å²) in [6.07, 6.45) is 4.83. The van der Waals surface area contributed by atoms with Crippen molar-refractivity contribution in [2.24, 2.45) is 17.6 Å². The van der Waals surface area contributed by atoms with Gasteiger partial charge in [0.2, 0.25) is 0 Å². The minimum atomic E-state index is -0.229. The minimum Gasteiger partial charge on any atom is -0.490 e. The van der Waals surface area contributed by atoms with E-state index in [-0.39, 0.29) is 11.9 Å². The van der Waals surface area contributed by atoms with Crippen molar-refractivity contribution in [2.75, 3.05) is 6.54 Å². The second kappa shape index (κ2) is 6.19. The van der Waals surface area contributed by atoms with E-state index < -0.39 is 0 Å². The molecule has 3 unspecified atom stereocenters. The van der Waals surface area contributed by atoms with Crippen LogP contribution >= 0.6 is 0 Å². The number of hydrogen-bond donors (Lipinski definition) is 1. The zero-order valence-electron chi connectivity index (χ0n) is 10.9. The highest BCUT2D eigenvalue weighted by molar-refractivity contribution is 5.22. The van der Waals surface area contributed by atoms with Crippen molar-refractivity contribution in [3.63, 3.8) is 0 Å². The fourth-order valence-electron chi connectivity index (χ4n) is 2.75. The Labute approximate surface area is 108 Å². The van der Waals surface area contributed by atoms with E-state index >= 15 is 0 Å². The molecule has 3 heteroatoms. The van der Waals surface area contributed by atoms with Gasteiger partial charge in [-0.1, -0.05) is 13.3 Å². The molecule has 1 aliphatic rings. The third-order valence-electron chi connectivity index (χ3n) is 4.02. The Morgan fingerprint density at radius 2 is 2.00 bits per heavy atom. The molecule has 0 saturated heterocycles. The lowest BCUT2D eigenvalue weighted by atomic mass is 9.78. The summed E-state index contributed by atoms with van der Waals surface area (Å²) in [5, 5.41) is 0. The predicted octanol–water partition coefficient (Wildman–Crippen LogP) is 3.36. The fraction of sp³-hybridized carbons (Fsp3) is 0.600. The Morgan fingerprint density at radius 3 is 2.61 bits per heavy atom. The maximum Gasteiger partial charge on any atom is 0.123 e. The first-order valence-electron chi connectivity index (χ1n) is 6.85. The first-order chi connectivity index (χ1) is 8.72. The summed E-state index contributed by atoms with van der Waals surface area (Å²) in [6.45, 7) is 2.89. The fourth-order valence-corrected chi connectivity index (χ4v) is 2.75. The van der Waals surface area contributed by atoms with Crippen molar-refractivity contribution in [1.29, 1.82) is 0 Å². The van der Waals surface area contributed by atoms with E-state index in [0.29, 0.717) is 12.5 Å². The van der Waals surface area contributed by atoms with E-state index in [9.17, 15) is 4.39 Å². The highest BCUT2D eigenvalue weighted by Gasteiger charge is 2.30. The van der Waals surface area contributed by atoms with Crippen molar-refractivity contribution < 1.29 is 9.13 Å². The molecule has 0 amide bonds. The molecule has 18 heavy (non-hydrogen) atoms. The highest BCUT2D eigenvalue weighted by Crippen LogP contribution is 2.33. The van der Waals surface area contributed by atoms with Gasteiger partial charge in [-0.15, -0.1) is 0 Å². The first kappa shape index (κ1) is 13.3. The smallest absolute Gasteiger partial charge is 0.123 e. The number of rotatable bonds is 4. The Morgan fingerprint density at radius 1 is 1.28 bits per heavy atom. The van der Waals surface area contributed by atoms with Crippen LogP contribution in [0, 0.1) is 17.7 Å². The molecule has 3 atom stereocenters. The van der Waals surface area contributed by atoms with Crippen LogP contribution in [-0.4, -0.2) is 12.6 Å². The zero-order chi connectivity index (χ0) is 13.0. The van der Waals surface area contributed by atoms with Gasteiger partial charge in [-0.3, -0.25) is 0 Å². The average molecular weight is 251 g/mol. The molecule has 1 aromatic carbocycles. The summed E-state index contributed by atoms with van der Waals surface area (Å²) in [7, 11) is 0. The summed E-state index contributed by atoms with van der Waals surface area (Å²) < 4.78 is 18.8. The lowest BCUT2D eigenvalue weighted by Gasteiger charge is -2.35. The van der Waals surface area contributed by atoms with Gasteiger partial charge in [0.25, 0.3) is 0 Å². The van der Waals surface area contributed by atoms with Crippen molar-refractivity contribution in [3.05, 3.63) is 30.1 Å². The SMILES string of the molecule is CCC1CCC(CN)C(Oc2ccc(F)cc2)C1. The monoisotopic (exact) mass is 251 g/mol. The lowest BCUT2D eigenvalue weighted by molar-refractivity contribution is 0.0684. The number of halogens is 1. The van der Waals surface area contributed by atoms with E-state index in [1.807, 2.05) is 0 Å². The number of nitrogens with two attached hydrogens (primary N) is 1. The van der Waals surface area contributed by atoms with Crippen LogP contribution in [0.2, 0.25) is 0 Å². The molecule has 0 radical (unpaired) electrons. The molecule has 0 heterocycles. The van der Waals surface area contributed by atoms with Crippen LogP contribution in [0.3, 0.4) is 0 Å². The van der Waals surface area contributed by atoms with Crippen LogP contribution in [0.25, 0.3) is 0 Å². The predicted molar refractivity (Wildman–Crippen MR) is 71.0 cm³/mol. The summed E-state index contributed by atoms with van der Waals surface area (Å²) in [4.78, 5) is 0. The van der Waals surface area contributed by atoms with Gasteiger partial charge >= 0.3 is 0 Å². The summed E-state index contributed by atoms with van der Waals surface area (Å²) >= 11 is 0. The van der Waals surface area contributed by atoms with Crippen molar-refractivity contribution in [2.45, 2.75) is 38.7 Å². The van der Waals surface area contributed by atoms with Crippen molar-refractivity contribution in [1.82, 2.24) is 0 Å². The average Bonchev–Trinajstić information content (AvgIpc) is 2.41. The van der Waals surface area contributed by atoms with Crippen molar-refractivity contribution in [3.8, 4) is 5.75 Å². The second-order valence-corrected chi connectivity index (χ2v) is 5.19. The molecule has 0 aliphatic heterocycles. The third kappa shape index (κ3) is 3.22. The van der Waals surface area contributed by atoms with Gasteiger partial charge in [-0.2, -0.15) is 0 Å². The van der Waals surface area contributed by atoms with Crippen LogP contribution in [0.1, 0.15) is 32.6 Å². The first-order valence-corrected chi connectivity index (χ1v) is 6.85. The Hall–Kier alpha value is -1.09. The summed E-state index contributed by atoms with van der Waals surface area (Å²) in [6, 6.07) is 6.26. The second-order valence-electron chi connectivity index (χ2n) is 5.19. The van der Waals surface area contributed by atoms with Crippen LogP contribution in [0.15, 0.2) is 24.3 Å². The van der Waals surface area contributed by atoms with Gasteiger partial charge in [0.1, 0.15) is 17.7 Å². The van der Waals surface area contributed by atoms with Gasteiger partial charge in [-0.05, 0) is 56.0 Å². The molecular formula is C15H22FNO. The highest BCUT2D eigenvalue weighted by atomic mass is 19.1. The van der Waals surface area contributed by atoms with Crippen LogP contribution < -0.4 is 10.5 Å². The molecule has 2 rings (SSSR count). The number of hydrogen-bond acceptors (Lipinski definition) is 2. The van der Waals surface area contributed by atoms with Gasteiger partial charge < -0.3 is 10.5 Å². The van der Waals surface area contributed by atoms with Gasteiger partial charge in [-0.25, -0.2) is 4.39 Å². The summed E-state index contributed by atoms with van der Waals surface area (Å²) in [5.41, 5.74) is 5.82. The van der Waals surface area contributed by atoms with E-state index in [1.165, 1.54) is 25.0 Å². The largest absolute Gasteiger partial charge is 0.490 e. The van der Waals surface area contributed by atoms with Crippen LogP contribution in [0.4, 0.5) is 4.39 Å². The molecular weight excluding hydrogens is 229 g/mol. The van der Waals surface area contributed by atoms with E-state index in [1.54, 1.807) is 12.1 Å². The minimum absolute atomic E-state index is 0.180. The molecule has 0 bridgehead atoms. The van der Waals surface area contributed by atoms with Crippen molar-refractivity contribution >= 4 is 0 Å². The Kier molecular flexibility index (Phi) is 4.59. The molecule has 1 aromatic rings. The topological polar surface area (TPSA) is 35.2 Å². The molecule has 0 spiro atoms. The third-order valence-corrected chi connectivity index (χ3v) is 4.02. The molecule has 1 fully saturated rings. The van der Waals surface area contributed by atoms with E-state index in [0.717, 1.165) is 24.5 Å². The number of benzene rings is 1. The molecule has 100 valence electrons.